The highest BCUT2D eigenvalue weighted by molar-refractivity contribution is 7.89. The summed E-state index contributed by atoms with van der Waals surface area (Å²) in [6, 6.07) is 7.47. The maximum absolute atomic E-state index is 11.7. The fourth-order valence-electron chi connectivity index (χ4n) is 2.51. The smallest absolute Gasteiger partial charge is 0.240 e. The van der Waals surface area contributed by atoms with E-state index in [2.05, 4.69) is 17.0 Å². The Morgan fingerprint density at radius 1 is 1.16 bits per heavy atom. The van der Waals surface area contributed by atoms with Gasteiger partial charge in [-0.15, -0.1) is 0 Å². The molecule has 1 aliphatic carbocycles. The number of sulfonamides is 1. The molecule has 0 aliphatic heterocycles. The van der Waals surface area contributed by atoms with Gasteiger partial charge in [0.2, 0.25) is 10.0 Å². The van der Waals surface area contributed by atoms with Crippen molar-refractivity contribution >= 4 is 15.7 Å². The second kappa shape index (κ2) is 5.92. The molecule has 1 fully saturated rings. The van der Waals surface area contributed by atoms with E-state index in [1.165, 1.54) is 19.9 Å². The minimum Gasteiger partial charge on any atom is -0.382 e. The summed E-state index contributed by atoms with van der Waals surface area (Å²) in [5.41, 5.74) is 0.885. The van der Waals surface area contributed by atoms with Gasteiger partial charge in [0.05, 0.1) is 4.90 Å². The molecule has 4 nitrogen and oxygen atoms in total. The molecule has 0 aromatic heterocycles. The summed E-state index contributed by atoms with van der Waals surface area (Å²) in [7, 11) is -1.93. The van der Waals surface area contributed by atoms with E-state index < -0.39 is 10.0 Å². The zero-order valence-electron chi connectivity index (χ0n) is 11.5. The summed E-state index contributed by atoms with van der Waals surface area (Å²) >= 11 is 0. The quantitative estimate of drug-likeness (QED) is 0.892. The minimum atomic E-state index is -3.36. The van der Waals surface area contributed by atoms with Crippen molar-refractivity contribution in [2.45, 2.75) is 43.5 Å². The van der Waals surface area contributed by atoms with E-state index in [1.54, 1.807) is 18.2 Å². The van der Waals surface area contributed by atoms with Crippen LogP contribution >= 0.6 is 0 Å². The Hall–Kier alpha value is -1.07. The summed E-state index contributed by atoms with van der Waals surface area (Å²) in [6.45, 7) is 2.29. The van der Waals surface area contributed by atoms with Crippen molar-refractivity contribution in [3.63, 3.8) is 0 Å². The first-order valence-corrected chi connectivity index (χ1v) is 8.30. The second-order valence-electron chi connectivity index (χ2n) is 5.34. The lowest BCUT2D eigenvalue weighted by Gasteiger charge is -2.27. The molecular formula is C14H22N2O2S. The van der Waals surface area contributed by atoms with Crippen molar-refractivity contribution in [1.82, 2.24) is 4.72 Å². The van der Waals surface area contributed by atoms with Crippen molar-refractivity contribution in [3.05, 3.63) is 24.3 Å². The molecule has 0 spiro atoms. The molecule has 1 aliphatic rings. The molecule has 2 N–H and O–H groups in total. The summed E-state index contributed by atoms with van der Waals surface area (Å²) in [4.78, 5) is 0.309. The Balaban J connectivity index is 2.07. The molecule has 0 bridgehead atoms. The van der Waals surface area contributed by atoms with Gasteiger partial charge in [-0.05, 0) is 56.8 Å². The molecule has 1 aromatic carbocycles. The third kappa shape index (κ3) is 3.70. The normalized spacial score (nSPS) is 24.1. The van der Waals surface area contributed by atoms with Crippen molar-refractivity contribution in [1.29, 1.82) is 0 Å². The SMILES string of the molecule is CNS(=O)(=O)c1cccc(NC2CCC(C)CC2)c1. The molecule has 106 valence electrons. The monoisotopic (exact) mass is 282 g/mol. The molecule has 0 unspecified atom stereocenters. The van der Waals surface area contributed by atoms with Crippen LogP contribution in [0.15, 0.2) is 29.2 Å². The molecule has 0 saturated heterocycles. The Morgan fingerprint density at radius 2 is 1.84 bits per heavy atom. The Bertz CT molecular complexity index is 520. The molecule has 0 amide bonds. The van der Waals surface area contributed by atoms with E-state index in [9.17, 15) is 8.42 Å². The van der Waals surface area contributed by atoms with Gasteiger partial charge in [-0.25, -0.2) is 13.1 Å². The highest BCUT2D eigenvalue weighted by Gasteiger charge is 2.18. The van der Waals surface area contributed by atoms with E-state index in [0.717, 1.165) is 24.4 Å². The van der Waals surface area contributed by atoms with E-state index in [0.29, 0.717) is 10.9 Å². The van der Waals surface area contributed by atoms with E-state index >= 15 is 0 Å². The molecule has 5 heteroatoms. The molecule has 2 rings (SSSR count). The first-order valence-electron chi connectivity index (χ1n) is 6.81. The first-order chi connectivity index (χ1) is 9.01. The summed E-state index contributed by atoms with van der Waals surface area (Å²) < 4.78 is 25.8. The Kier molecular flexibility index (Phi) is 4.47. The van der Waals surface area contributed by atoms with Crippen LogP contribution in [-0.4, -0.2) is 21.5 Å². The third-order valence-corrected chi connectivity index (χ3v) is 5.21. The lowest BCUT2D eigenvalue weighted by atomic mass is 9.87. The predicted octanol–water partition coefficient (Wildman–Crippen LogP) is 2.59. The maximum atomic E-state index is 11.7. The van der Waals surface area contributed by atoms with Crippen molar-refractivity contribution in [3.8, 4) is 0 Å². The molecule has 0 atom stereocenters. The van der Waals surface area contributed by atoms with Crippen molar-refractivity contribution in [2.75, 3.05) is 12.4 Å². The van der Waals surface area contributed by atoms with Gasteiger partial charge in [0.1, 0.15) is 0 Å². The highest BCUT2D eigenvalue weighted by atomic mass is 32.2. The van der Waals surface area contributed by atoms with Crippen LogP contribution in [0.3, 0.4) is 0 Å². The summed E-state index contributed by atoms with van der Waals surface area (Å²) in [6.07, 6.45) is 4.80. The maximum Gasteiger partial charge on any atom is 0.240 e. The van der Waals surface area contributed by atoms with Gasteiger partial charge in [-0.2, -0.15) is 0 Å². The van der Waals surface area contributed by atoms with E-state index in [1.807, 2.05) is 6.07 Å². The number of hydrogen-bond acceptors (Lipinski definition) is 3. The molecule has 1 aromatic rings. The largest absolute Gasteiger partial charge is 0.382 e. The van der Waals surface area contributed by atoms with Gasteiger partial charge in [0, 0.05) is 11.7 Å². The molecular weight excluding hydrogens is 260 g/mol. The van der Waals surface area contributed by atoms with Gasteiger partial charge in [0.25, 0.3) is 0 Å². The van der Waals surface area contributed by atoms with Gasteiger partial charge in [0.15, 0.2) is 0 Å². The van der Waals surface area contributed by atoms with Crippen LogP contribution < -0.4 is 10.0 Å². The highest BCUT2D eigenvalue weighted by Crippen LogP contribution is 2.26. The van der Waals surface area contributed by atoms with Gasteiger partial charge in [-0.3, -0.25) is 0 Å². The summed E-state index contributed by atoms with van der Waals surface area (Å²) in [5.74, 6) is 0.814. The summed E-state index contributed by atoms with van der Waals surface area (Å²) in [5, 5.41) is 3.45. The van der Waals surface area contributed by atoms with Gasteiger partial charge < -0.3 is 5.32 Å². The number of benzene rings is 1. The Labute approximate surface area is 115 Å². The number of nitrogens with one attached hydrogen (secondary N) is 2. The van der Waals surface area contributed by atoms with Crippen LogP contribution in [0.4, 0.5) is 5.69 Å². The molecule has 0 radical (unpaired) electrons. The molecule has 19 heavy (non-hydrogen) atoms. The topological polar surface area (TPSA) is 58.2 Å². The van der Waals surface area contributed by atoms with Crippen molar-refractivity contribution < 1.29 is 8.42 Å². The van der Waals surface area contributed by atoms with Crippen LogP contribution in [0.2, 0.25) is 0 Å². The predicted molar refractivity (Wildman–Crippen MR) is 77.7 cm³/mol. The van der Waals surface area contributed by atoms with E-state index in [-0.39, 0.29) is 0 Å². The fourth-order valence-corrected chi connectivity index (χ4v) is 3.29. The Morgan fingerprint density at radius 3 is 2.47 bits per heavy atom. The molecule has 0 heterocycles. The van der Waals surface area contributed by atoms with Crippen LogP contribution in [0.25, 0.3) is 0 Å². The average molecular weight is 282 g/mol. The number of hydrogen-bond donors (Lipinski definition) is 2. The lowest BCUT2D eigenvalue weighted by Crippen LogP contribution is -2.25. The van der Waals surface area contributed by atoms with Crippen LogP contribution in [0.5, 0.6) is 0 Å². The fraction of sp³-hybridized carbons (Fsp3) is 0.571. The molecule has 1 saturated carbocycles. The third-order valence-electron chi connectivity index (χ3n) is 3.80. The zero-order chi connectivity index (χ0) is 13.9. The standard InChI is InChI=1S/C14H22N2O2S/c1-11-6-8-12(9-7-11)16-13-4-3-5-14(10-13)19(17,18)15-2/h3-5,10-12,15-16H,6-9H2,1-2H3. The average Bonchev–Trinajstić information content (AvgIpc) is 2.42. The number of rotatable bonds is 4. The van der Waals surface area contributed by atoms with Crippen LogP contribution in [0, 0.1) is 5.92 Å². The van der Waals surface area contributed by atoms with Gasteiger partial charge >= 0.3 is 0 Å². The number of anilines is 1. The zero-order valence-corrected chi connectivity index (χ0v) is 12.3. The van der Waals surface area contributed by atoms with Crippen LogP contribution in [-0.2, 0) is 10.0 Å². The van der Waals surface area contributed by atoms with Crippen LogP contribution in [0.1, 0.15) is 32.6 Å². The minimum absolute atomic E-state index is 0.309. The second-order valence-corrected chi connectivity index (χ2v) is 7.22. The van der Waals surface area contributed by atoms with E-state index in [4.69, 9.17) is 0 Å². The van der Waals surface area contributed by atoms with Crippen molar-refractivity contribution in [2.24, 2.45) is 5.92 Å². The first kappa shape index (κ1) is 14.3. The van der Waals surface area contributed by atoms with Gasteiger partial charge in [-0.1, -0.05) is 13.0 Å². The lowest BCUT2D eigenvalue weighted by molar-refractivity contribution is 0.361.